The number of thiophene rings is 1. The van der Waals surface area contributed by atoms with Gasteiger partial charge in [-0.1, -0.05) is 24.3 Å². The average Bonchev–Trinajstić information content (AvgIpc) is 3.25. The zero-order valence-corrected chi connectivity index (χ0v) is 15.7. The Morgan fingerprint density at radius 3 is 2.71 bits per heavy atom. The highest BCUT2D eigenvalue weighted by Crippen LogP contribution is 2.27. The number of aromatic nitrogens is 2. The standard InChI is InChI=1S/C21H17FN4OS/c22-15-6-3-5-14(13-15)21(27)24-11-10-23-19-16-7-1-2-8-17(16)25-20(26-19)18-9-4-12-28-18/h1-9,12-13H,10-11H2,(H,24,27)(H,23,25,26). The maximum Gasteiger partial charge on any atom is 0.251 e. The Labute approximate surface area is 165 Å². The molecule has 2 N–H and O–H groups in total. The van der Waals surface area contributed by atoms with Crippen molar-refractivity contribution in [2.24, 2.45) is 0 Å². The van der Waals surface area contributed by atoms with E-state index in [1.54, 1.807) is 17.4 Å². The van der Waals surface area contributed by atoms with E-state index in [1.807, 2.05) is 41.8 Å². The molecule has 0 spiro atoms. The Morgan fingerprint density at radius 1 is 1.00 bits per heavy atom. The van der Waals surface area contributed by atoms with Crippen LogP contribution in [0.15, 0.2) is 66.0 Å². The number of rotatable bonds is 6. The van der Waals surface area contributed by atoms with Gasteiger partial charge >= 0.3 is 0 Å². The molecule has 28 heavy (non-hydrogen) atoms. The number of amides is 1. The first kappa shape index (κ1) is 18.1. The first-order valence-electron chi connectivity index (χ1n) is 8.79. The molecule has 0 fully saturated rings. The Morgan fingerprint density at radius 2 is 1.89 bits per heavy atom. The van der Waals surface area contributed by atoms with Gasteiger partial charge in [-0.15, -0.1) is 11.3 Å². The lowest BCUT2D eigenvalue weighted by Gasteiger charge is -2.11. The van der Waals surface area contributed by atoms with Crippen LogP contribution in [0.2, 0.25) is 0 Å². The van der Waals surface area contributed by atoms with Crippen LogP contribution in [0, 0.1) is 5.82 Å². The number of halogens is 1. The number of carbonyl (C=O) groups is 1. The van der Waals surface area contributed by atoms with E-state index in [2.05, 4.69) is 20.6 Å². The highest BCUT2D eigenvalue weighted by atomic mass is 32.1. The average molecular weight is 392 g/mol. The fourth-order valence-corrected chi connectivity index (χ4v) is 3.47. The van der Waals surface area contributed by atoms with E-state index >= 15 is 0 Å². The summed E-state index contributed by atoms with van der Waals surface area (Å²) in [6.45, 7) is 0.855. The number of hydrogen-bond donors (Lipinski definition) is 2. The molecule has 2 aromatic heterocycles. The van der Waals surface area contributed by atoms with Crippen LogP contribution < -0.4 is 10.6 Å². The second kappa shape index (κ2) is 8.14. The smallest absolute Gasteiger partial charge is 0.251 e. The number of hydrogen-bond acceptors (Lipinski definition) is 5. The molecule has 0 radical (unpaired) electrons. The normalized spacial score (nSPS) is 10.8. The van der Waals surface area contributed by atoms with E-state index in [4.69, 9.17) is 0 Å². The Hall–Kier alpha value is -3.32. The quantitative estimate of drug-likeness (QED) is 0.479. The number of nitrogens with zero attached hydrogens (tertiary/aromatic N) is 2. The molecule has 0 saturated carbocycles. The van der Waals surface area contributed by atoms with Gasteiger partial charge in [-0.25, -0.2) is 14.4 Å². The lowest BCUT2D eigenvalue weighted by Crippen LogP contribution is -2.29. The number of benzene rings is 2. The molecule has 0 unspecified atom stereocenters. The van der Waals surface area contributed by atoms with Crippen molar-refractivity contribution in [1.29, 1.82) is 0 Å². The molecular formula is C21H17FN4OS. The van der Waals surface area contributed by atoms with E-state index in [-0.39, 0.29) is 5.91 Å². The van der Waals surface area contributed by atoms with Crippen LogP contribution in [0.4, 0.5) is 10.2 Å². The van der Waals surface area contributed by atoms with Crippen molar-refractivity contribution < 1.29 is 9.18 Å². The zero-order chi connectivity index (χ0) is 19.3. The summed E-state index contributed by atoms with van der Waals surface area (Å²) in [5, 5.41) is 8.96. The van der Waals surface area contributed by atoms with Gasteiger partial charge in [0, 0.05) is 24.0 Å². The minimum atomic E-state index is -0.431. The summed E-state index contributed by atoms with van der Waals surface area (Å²) >= 11 is 1.58. The van der Waals surface area contributed by atoms with Crippen molar-refractivity contribution in [2.45, 2.75) is 0 Å². The second-order valence-corrected chi connectivity index (χ2v) is 7.03. The maximum atomic E-state index is 13.2. The van der Waals surface area contributed by atoms with Gasteiger partial charge in [0.05, 0.1) is 10.4 Å². The predicted molar refractivity (Wildman–Crippen MR) is 110 cm³/mol. The summed E-state index contributed by atoms with van der Waals surface area (Å²) in [6.07, 6.45) is 0. The van der Waals surface area contributed by atoms with Gasteiger partial charge in [-0.2, -0.15) is 0 Å². The van der Waals surface area contributed by atoms with Gasteiger partial charge in [0.1, 0.15) is 11.6 Å². The lowest BCUT2D eigenvalue weighted by atomic mass is 10.2. The van der Waals surface area contributed by atoms with Crippen molar-refractivity contribution in [3.8, 4) is 10.7 Å². The third-order valence-electron chi connectivity index (χ3n) is 4.13. The molecule has 4 aromatic rings. The molecule has 0 saturated heterocycles. The highest BCUT2D eigenvalue weighted by Gasteiger charge is 2.10. The summed E-state index contributed by atoms with van der Waals surface area (Å²) in [6, 6.07) is 17.4. The van der Waals surface area contributed by atoms with Crippen molar-refractivity contribution in [2.75, 3.05) is 18.4 Å². The highest BCUT2D eigenvalue weighted by molar-refractivity contribution is 7.13. The minimum Gasteiger partial charge on any atom is -0.368 e. The third kappa shape index (κ3) is 3.99. The summed E-state index contributed by atoms with van der Waals surface area (Å²) in [4.78, 5) is 22.4. The molecule has 5 nitrogen and oxygen atoms in total. The summed E-state index contributed by atoms with van der Waals surface area (Å²) in [5.41, 5.74) is 1.15. The monoisotopic (exact) mass is 392 g/mol. The Kier molecular flexibility index (Phi) is 5.25. The van der Waals surface area contributed by atoms with Gasteiger partial charge in [0.25, 0.3) is 5.91 Å². The largest absolute Gasteiger partial charge is 0.368 e. The molecule has 140 valence electrons. The molecular weight excluding hydrogens is 375 g/mol. The number of fused-ring (bicyclic) bond motifs is 1. The number of nitrogens with one attached hydrogen (secondary N) is 2. The van der Waals surface area contributed by atoms with Crippen LogP contribution in [0.25, 0.3) is 21.6 Å². The van der Waals surface area contributed by atoms with Crippen LogP contribution in [-0.4, -0.2) is 29.0 Å². The summed E-state index contributed by atoms with van der Waals surface area (Å²) < 4.78 is 13.2. The maximum absolute atomic E-state index is 13.2. The summed E-state index contributed by atoms with van der Waals surface area (Å²) in [5.74, 6) is 0.640. The molecule has 0 bridgehead atoms. The van der Waals surface area contributed by atoms with Gasteiger partial charge in [0.15, 0.2) is 5.82 Å². The Bertz CT molecular complexity index is 1110. The van der Waals surface area contributed by atoms with E-state index in [0.29, 0.717) is 30.3 Å². The fraction of sp³-hybridized carbons (Fsp3) is 0.0952. The third-order valence-corrected chi connectivity index (χ3v) is 5.00. The first-order valence-corrected chi connectivity index (χ1v) is 9.67. The molecule has 1 amide bonds. The minimum absolute atomic E-state index is 0.299. The van der Waals surface area contributed by atoms with Gasteiger partial charge in [-0.3, -0.25) is 4.79 Å². The SMILES string of the molecule is O=C(NCCNc1nc(-c2cccs2)nc2ccccc12)c1cccc(F)c1. The van der Waals surface area contributed by atoms with Crippen LogP contribution in [0.5, 0.6) is 0 Å². The molecule has 0 aliphatic heterocycles. The number of para-hydroxylation sites is 1. The molecule has 2 heterocycles. The van der Waals surface area contributed by atoms with Gasteiger partial charge in [-0.05, 0) is 41.8 Å². The second-order valence-electron chi connectivity index (χ2n) is 6.08. The molecule has 4 rings (SSSR count). The van der Waals surface area contributed by atoms with Crippen LogP contribution in [0.3, 0.4) is 0 Å². The lowest BCUT2D eigenvalue weighted by molar-refractivity contribution is 0.0954. The molecule has 0 aliphatic rings. The molecule has 0 atom stereocenters. The van der Waals surface area contributed by atoms with Crippen molar-refractivity contribution >= 4 is 34.0 Å². The number of anilines is 1. The summed E-state index contributed by atoms with van der Waals surface area (Å²) in [7, 11) is 0. The molecule has 2 aromatic carbocycles. The van der Waals surface area contributed by atoms with Gasteiger partial charge in [0.2, 0.25) is 0 Å². The topological polar surface area (TPSA) is 66.9 Å². The van der Waals surface area contributed by atoms with E-state index in [1.165, 1.54) is 18.2 Å². The first-order chi connectivity index (χ1) is 13.7. The predicted octanol–water partition coefficient (Wildman–Crippen LogP) is 4.34. The fourth-order valence-electron chi connectivity index (χ4n) is 2.82. The zero-order valence-electron chi connectivity index (χ0n) is 14.9. The van der Waals surface area contributed by atoms with Crippen LogP contribution >= 0.6 is 11.3 Å². The van der Waals surface area contributed by atoms with Gasteiger partial charge < -0.3 is 10.6 Å². The van der Waals surface area contributed by atoms with Crippen molar-refractivity contribution in [3.63, 3.8) is 0 Å². The Balaban J connectivity index is 1.46. The van der Waals surface area contributed by atoms with Crippen molar-refractivity contribution in [1.82, 2.24) is 15.3 Å². The molecule has 0 aliphatic carbocycles. The van der Waals surface area contributed by atoms with Crippen molar-refractivity contribution in [3.05, 3.63) is 77.4 Å². The van der Waals surface area contributed by atoms with E-state index in [9.17, 15) is 9.18 Å². The number of carbonyl (C=O) groups excluding carboxylic acids is 1. The van der Waals surface area contributed by atoms with Crippen LogP contribution in [0.1, 0.15) is 10.4 Å². The van der Waals surface area contributed by atoms with Crippen LogP contribution in [-0.2, 0) is 0 Å². The van der Waals surface area contributed by atoms with E-state index in [0.717, 1.165) is 15.8 Å². The molecule has 7 heteroatoms. The van der Waals surface area contributed by atoms with E-state index < -0.39 is 5.82 Å².